The number of rotatable bonds is 14. The molecule has 1 heterocycles. The van der Waals surface area contributed by atoms with Gasteiger partial charge in [-0.2, -0.15) is 0 Å². The monoisotopic (exact) mass is 581 g/mol. The number of hydrogen-bond acceptors (Lipinski definition) is 6. The zero-order valence-corrected chi connectivity index (χ0v) is 24.3. The summed E-state index contributed by atoms with van der Waals surface area (Å²) in [6.07, 6.45) is 3.64. The third-order valence-electron chi connectivity index (χ3n) is 6.88. The summed E-state index contributed by atoms with van der Waals surface area (Å²) in [4.78, 5) is 44.4. The van der Waals surface area contributed by atoms with Crippen molar-refractivity contribution < 1.29 is 29.0 Å². The number of aromatic nitrogens is 1. The summed E-state index contributed by atoms with van der Waals surface area (Å²) in [6.45, 7) is 2.98. The smallest absolute Gasteiger partial charge is 0.305 e. The molecule has 4 rings (SSSR count). The third-order valence-corrected chi connectivity index (χ3v) is 6.88. The van der Waals surface area contributed by atoms with Crippen molar-refractivity contribution in [2.45, 2.75) is 26.3 Å². The largest absolute Gasteiger partial charge is 0.493 e. The van der Waals surface area contributed by atoms with Gasteiger partial charge in [-0.1, -0.05) is 48.5 Å². The molecule has 3 aromatic carbocycles. The average Bonchev–Trinajstić information content (AvgIpc) is 3.04. The normalized spacial score (nSPS) is 10.6. The Morgan fingerprint density at radius 2 is 1.58 bits per heavy atom. The van der Waals surface area contributed by atoms with Gasteiger partial charge in [0.25, 0.3) is 11.8 Å². The zero-order valence-electron chi connectivity index (χ0n) is 24.3. The van der Waals surface area contributed by atoms with Crippen molar-refractivity contribution in [3.8, 4) is 22.6 Å². The Labute approximate surface area is 251 Å². The van der Waals surface area contributed by atoms with Crippen LogP contribution in [-0.4, -0.2) is 59.6 Å². The molecule has 2 N–H and O–H groups in total. The molecule has 4 aromatic rings. The van der Waals surface area contributed by atoms with Gasteiger partial charge in [-0.25, -0.2) is 0 Å². The van der Waals surface area contributed by atoms with Crippen LogP contribution < -0.4 is 14.8 Å². The van der Waals surface area contributed by atoms with E-state index in [1.165, 1.54) is 0 Å². The van der Waals surface area contributed by atoms with E-state index < -0.39 is 5.97 Å². The van der Waals surface area contributed by atoms with Crippen LogP contribution in [0.15, 0.2) is 91.3 Å². The highest BCUT2D eigenvalue weighted by Gasteiger charge is 2.23. The number of nitrogens with one attached hydrogen (secondary N) is 1. The molecule has 2 amide bonds. The first-order valence-electron chi connectivity index (χ1n) is 14.1. The Bertz CT molecular complexity index is 1560. The SMILES string of the molecule is CCOc1cc(CCN(CCC(=O)O)C(=O)c2ccccc2-c2ccccc2C(=O)NCc2cccnc2)ccc1OC. The van der Waals surface area contributed by atoms with Gasteiger partial charge < -0.3 is 24.8 Å². The van der Waals surface area contributed by atoms with Crippen LogP contribution >= 0.6 is 0 Å². The topological polar surface area (TPSA) is 118 Å². The highest BCUT2D eigenvalue weighted by Crippen LogP contribution is 2.30. The van der Waals surface area contributed by atoms with Crippen LogP contribution in [0, 0.1) is 0 Å². The number of nitrogens with zero attached hydrogens (tertiary/aromatic N) is 2. The average molecular weight is 582 g/mol. The molecule has 0 aliphatic heterocycles. The molecule has 0 bridgehead atoms. The number of carboxylic acid groups (broad SMARTS) is 1. The highest BCUT2D eigenvalue weighted by atomic mass is 16.5. The van der Waals surface area contributed by atoms with Crippen molar-refractivity contribution in [2.75, 3.05) is 26.8 Å². The maximum atomic E-state index is 14.0. The molecule has 0 aliphatic carbocycles. The quantitative estimate of drug-likeness (QED) is 0.209. The van der Waals surface area contributed by atoms with Crippen LogP contribution in [-0.2, 0) is 17.8 Å². The molecule has 0 fully saturated rings. The Hall–Kier alpha value is -5.18. The molecule has 0 radical (unpaired) electrons. The molecule has 0 spiro atoms. The predicted molar refractivity (Wildman–Crippen MR) is 163 cm³/mol. The first kappa shape index (κ1) is 30.8. The summed E-state index contributed by atoms with van der Waals surface area (Å²) < 4.78 is 11.1. The summed E-state index contributed by atoms with van der Waals surface area (Å²) in [5.41, 5.74) is 3.77. The summed E-state index contributed by atoms with van der Waals surface area (Å²) in [6, 6.07) is 23.5. The van der Waals surface area contributed by atoms with E-state index in [2.05, 4.69) is 10.3 Å². The lowest BCUT2D eigenvalue weighted by Crippen LogP contribution is -2.35. The number of carbonyl (C=O) groups excluding carboxylic acids is 2. The van der Waals surface area contributed by atoms with E-state index in [1.54, 1.807) is 66.9 Å². The number of pyridine rings is 1. The molecule has 0 saturated carbocycles. The molecule has 9 nitrogen and oxygen atoms in total. The van der Waals surface area contributed by atoms with E-state index in [-0.39, 0.29) is 31.3 Å². The number of aliphatic carboxylic acids is 1. The van der Waals surface area contributed by atoms with E-state index in [0.717, 1.165) is 11.1 Å². The lowest BCUT2D eigenvalue weighted by molar-refractivity contribution is -0.137. The molecular formula is C34H35N3O6. The standard InChI is InChI=1S/C34H35N3O6/c1-3-43-31-21-24(14-15-30(31)42-2)16-19-37(20-17-32(38)39)34(41)29-13-7-5-11-27(29)26-10-4-6-12-28(26)33(40)36-23-25-9-8-18-35-22-25/h4-15,18,21-22H,3,16-17,19-20,23H2,1-2H3,(H,36,40)(H,38,39). The molecule has 9 heteroatoms. The maximum absolute atomic E-state index is 14.0. The van der Waals surface area contributed by atoms with Crippen molar-refractivity contribution in [3.05, 3.63) is 114 Å². The molecule has 43 heavy (non-hydrogen) atoms. The molecule has 0 unspecified atom stereocenters. The molecular weight excluding hydrogens is 546 g/mol. The molecule has 0 saturated heterocycles. The number of ether oxygens (including phenoxy) is 2. The fraction of sp³-hybridized carbons (Fsp3) is 0.235. The Morgan fingerprint density at radius 1 is 0.860 bits per heavy atom. The number of amides is 2. The van der Waals surface area contributed by atoms with Crippen LogP contribution in [0.2, 0.25) is 0 Å². The first-order valence-corrected chi connectivity index (χ1v) is 14.1. The van der Waals surface area contributed by atoms with Crippen molar-refractivity contribution in [2.24, 2.45) is 0 Å². The Morgan fingerprint density at radius 3 is 2.26 bits per heavy atom. The van der Waals surface area contributed by atoms with Gasteiger partial charge >= 0.3 is 5.97 Å². The van der Waals surface area contributed by atoms with Gasteiger partial charge in [0.2, 0.25) is 0 Å². The zero-order chi connectivity index (χ0) is 30.6. The molecule has 1 aromatic heterocycles. The van der Waals surface area contributed by atoms with Crippen molar-refractivity contribution in [3.63, 3.8) is 0 Å². The number of carbonyl (C=O) groups is 3. The van der Waals surface area contributed by atoms with Crippen molar-refractivity contribution in [1.29, 1.82) is 0 Å². The minimum Gasteiger partial charge on any atom is -0.493 e. The first-order chi connectivity index (χ1) is 20.9. The third kappa shape index (κ3) is 8.19. The summed E-state index contributed by atoms with van der Waals surface area (Å²) >= 11 is 0. The van der Waals surface area contributed by atoms with Gasteiger partial charge in [0.15, 0.2) is 11.5 Å². The van der Waals surface area contributed by atoms with Crippen molar-refractivity contribution >= 4 is 17.8 Å². The summed E-state index contributed by atoms with van der Waals surface area (Å²) in [5, 5.41) is 12.3. The minimum atomic E-state index is -0.996. The summed E-state index contributed by atoms with van der Waals surface area (Å²) in [7, 11) is 1.57. The lowest BCUT2D eigenvalue weighted by Gasteiger charge is -2.24. The number of hydrogen-bond donors (Lipinski definition) is 2. The Balaban J connectivity index is 1.60. The van der Waals surface area contributed by atoms with Gasteiger partial charge in [-0.05, 0) is 65.9 Å². The molecule has 0 aliphatic rings. The van der Waals surface area contributed by atoms with E-state index >= 15 is 0 Å². The number of methoxy groups -OCH3 is 1. The van der Waals surface area contributed by atoms with E-state index in [0.29, 0.717) is 53.3 Å². The number of benzene rings is 3. The van der Waals surface area contributed by atoms with Crippen LogP contribution in [0.25, 0.3) is 11.1 Å². The van der Waals surface area contributed by atoms with Gasteiger partial charge in [-0.3, -0.25) is 19.4 Å². The Kier molecular flexibility index (Phi) is 10.9. The van der Waals surface area contributed by atoms with Gasteiger partial charge in [0.1, 0.15) is 0 Å². The lowest BCUT2D eigenvalue weighted by atomic mass is 9.94. The predicted octanol–water partition coefficient (Wildman–Crippen LogP) is 5.25. The van der Waals surface area contributed by atoms with Gasteiger partial charge in [0.05, 0.1) is 20.1 Å². The minimum absolute atomic E-state index is 0.0320. The van der Waals surface area contributed by atoms with Gasteiger partial charge in [0, 0.05) is 43.2 Å². The highest BCUT2D eigenvalue weighted by molar-refractivity contribution is 6.06. The number of carboxylic acids is 1. The second-order valence-electron chi connectivity index (χ2n) is 9.74. The van der Waals surface area contributed by atoms with Gasteiger partial charge in [-0.15, -0.1) is 0 Å². The van der Waals surface area contributed by atoms with Crippen LogP contribution in [0.4, 0.5) is 0 Å². The van der Waals surface area contributed by atoms with E-state index in [1.807, 2.05) is 43.3 Å². The van der Waals surface area contributed by atoms with E-state index in [9.17, 15) is 19.5 Å². The fourth-order valence-electron chi connectivity index (χ4n) is 4.73. The molecule has 0 atom stereocenters. The van der Waals surface area contributed by atoms with E-state index in [4.69, 9.17) is 9.47 Å². The van der Waals surface area contributed by atoms with Crippen LogP contribution in [0.5, 0.6) is 11.5 Å². The fourth-order valence-corrected chi connectivity index (χ4v) is 4.73. The second-order valence-corrected chi connectivity index (χ2v) is 9.74. The summed E-state index contributed by atoms with van der Waals surface area (Å²) in [5.74, 6) is -0.379. The maximum Gasteiger partial charge on any atom is 0.305 e. The van der Waals surface area contributed by atoms with Crippen LogP contribution in [0.3, 0.4) is 0 Å². The molecule has 222 valence electrons. The second kappa shape index (κ2) is 15.2. The van der Waals surface area contributed by atoms with Crippen LogP contribution in [0.1, 0.15) is 45.2 Å². The van der Waals surface area contributed by atoms with Crippen molar-refractivity contribution in [1.82, 2.24) is 15.2 Å².